The topological polar surface area (TPSA) is 41.5 Å². The van der Waals surface area contributed by atoms with Crippen LogP contribution >= 0.6 is 0 Å². The van der Waals surface area contributed by atoms with Gasteiger partial charge in [0.15, 0.2) is 0 Å². The molecule has 0 radical (unpaired) electrons. The molecular formula is C25H29NO2. The van der Waals surface area contributed by atoms with Crippen LogP contribution in [0.4, 0.5) is 0 Å². The molecule has 2 N–H and O–H groups in total. The van der Waals surface area contributed by atoms with Crippen LogP contribution in [0.3, 0.4) is 0 Å². The molecule has 3 aromatic carbocycles. The highest BCUT2D eigenvalue weighted by Crippen LogP contribution is 2.27. The predicted molar refractivity (Wildman–Crippen MR) is 115 cm³/mol. The predicted octanol–water partition coefficient (Wildman–Crippen LogP) is 4.41. The van der Waals surface area contributed by atoms with Crippen LogP contribution in [0.25, 0.3) is 0 Å². The molecule has 0 aliphatic heterocycles. The lowest BCUT2D eigenvalue weighted by atomic mass is 9.88. The quantitative estimate of drug-likeness (QED) is 0.551. The van der Waals surface area contributed by atoms with E-state index < -0.39 is 0 Å². The summed E-state index contributed by atoms with van der Waals surface area (Å²) in [5.74, 6) is 1.19. The molecule has 0 fully saturated rings. The van der Waals surface area contributed by atoms with Crippen molar-refractivity contribution in [3.8, 4) is 5.75 Å². The van der Waals surface area contributed by atoms with Crippen LogP contribution in [0.15, 0.2) is 84.9 Å². The molecule has 3 nitrogen and oxygen atoms in total. The first-order chi connectivity index (χ1) is 13.8. The van der Waals surface area contributed by atoms with E-state index in [2.05, 4.69) is 72.0 Å². The van der Waals surface area contributed by atoms with Crippen molar-refractivity contribution in [3.63, 3.8) is 0 Å². The normalized spacial score (nSPS) is 12.1. The number of aliphatic hydroxyl groups is 1. The molecule has 0 aliphatic carbocycles. The third-order valence-electron chi connectivity index (χ3n) is 5.11. The summed E-state index contributed by atoms with van der Waals surface area (Å²) in [7, 11) is 1.67. The lowest BCUT2D eigenvalue weighted by Gasteiger charge is -2.21. The minimum absolute atomic E-state index is 0.0271. The molecule has 0 aromatic heterocycles. The fourth-order valence-electron chi connectivity index (χ4n) is 3.61. The number of benzene rings is 3. The van der Waals surface area contributed by atoms with E-state index in [1.165, 1.54) is 11.1 Å². The van der Waals surface area contributed by atoms with E-state index in [4.69, 9.17) is 4.74 Å². The van der Waals surface area contributed by atoms with Crippen molar-refractivity contribution in [2.75, 3.05) is 20.3 Å². The molecule has 0 saturated heterocycles. The molecule has 1 unspecified atom stereocenters. The molecule has 3 aromatic rings. The van der Waals surface area contributed by atoms with Crippen LogP contribution in [0.2, 0.25) is 0 Å². The van der Waals surface area contributed by atoms with Crippen LogP contribution in [0.1, 0.15) is 29.0 Å². The van der Waals surface area contributed by atoms with Gasteiger partial charge in [-0.05, 0) is 48.2 Å². The molecular weight excluding hydrogens is 346 g/mol. The fraction of sp³-hybridized carbons (Fsp3) is 0.280. The van der Waals surface area contributed by atoms with Gasteiger partial charge >= 0.3 is 0 Å². The average Bonchev–Trinajstić information content (AvgIpc) is 2.77. The van der Waals surface area contributed by atoms with Crippen molar-refractivity contribution in [1.29, 1.82) is 0 Å². The molecule has 0 heterocycles. The Morgan fingerprint density at radius 2 is 1.50 bits per heavy atom. The molecule has 0 saturated carbocycles. The van der Waals surface area contributed by atoms with Gasteiger partial charge < -0.3 is 15.2 Å². The van der Waals surface area contributed by atoms with Gasteiger partial charge in [0.25, 0.3) is 0 Å². The third-order valence-corrected chi connectivity index (χ3v) is 5.11. The number of hydrogen-bond donors (Lipinski definition) is 2. The van der Waals surface area contributed by atoms with Crippen molar-refractivity contribution in [1.82, 2.24) is 5.32 Å². The number of hydrogen-bond acceptors (Lipinski definition) is 3. The summed E-state index contributed by atoms with van der Waals surface area (Å²) in [4.78, 5) is 0. The average molecular weight is 376 g/mol. The van der Waals surface area contributed by atoms with Gasteiger partial charge in [-0.2, -0.15) is 0 Å². The summed E-state index contributed by atoms with van der Waals surface area (Å²) >= 11 is 0. The Labute approximate surface area is 168 Å². The van der Waals surface area contributed by atoms with Crippen molar-refractivity contribution < 1.29 is 9.84 Å². The summed E-state index contributed by atoms with van der Waals surface area (Å²) < 4.78 is 5.30. The second-order valence-corrected chi connectivity index (χ2v) is 7.05. The van der Waals surface area contributed by atoms with Crippen molar-refractivity contribution in [2.45, 2.75) is 24.8 Å². The van der Waals surface area contributed by atoms with Gasteiger partial charge in [-0.25, -0.2) is 0 Å². The second kappa shape index (κ2) is 10.6. The Bertz CT molecular complexity index is 781. The number of aliphatic hydroxyl groups excluding tert-OH is 1. The summed E-state index contributed by atoms with van der Waals surface area (Å²) in [5.41, 5.74) is 3.81. The van der Waals surface area contributed by atoms with Gasteiger partial charge in [0, 0.05) is 12.0 Å². The smallest absolute Gasteiger partial charge is 0.119 e. The minimum Gasteiger partial charge on any atom is -0.497 e. The molecule has 28 heavy (non-hydrogen) atoms. The van der Waals surface area contributed by atoms with Gasteiger partial charge in [0.2, 0.25) is 0 Å². The molecule has 1 atom stereocenters. The maximum Gasteiger partial charge on any atom is 0.119 e. The van der Waals surface area contributed by atoms with Crippen molar-refractivity contribution >= 4 is 0 Å². The molecule has 0 aliphatic rings. The highest BCUT2D eigenvalue weighted by molar-refractivity contribution is 5.32. The van der Waals surface area contributed by atoms with E-state index in [1.54, 1.807) is 7.11 Å². The number of ether oxygens (including phenoxy) is 1. The van der Waals surface area contributed by atoms with Gasteiger partial charge in [-0.3, -0.25) is 0 Å². The van der Waals surface area contributed by atoms with E-state index in [9.17, 15) is 5.11 Å². The Kier molecular flexibility index (Phi) is 7.65. The van der Waals surface area contributed by atoms with Gasteiger partial charge in [-0.1, -0.05) is 72.8 Å². The zero-order chi connectivity index (χ0) is 19.6. The molecule has 0 amide bonds. The minimum atomic E-state index is 0.0271. The number of methoxy groups -OCH3 is 1. The first-order valence-corrected chi connectivity index (χ1v) is 9.87. The van der Waals surface area contributed by atoms with Crippen LogP contribution in [0, 0.1) is 0 Å². The van der Waals surface area contributed by atoms with Crippen molar-refractivity contribution in [2.24, 2.45) is 0 Å². The van der Waals surface area contributed by atoms with E-state index in [0.717, 1.165) is 30.7 Å². The number of nitrogens with one attached hydrogen (secondary N) is 1. The Hall–Kier alpha value is -2.62. The lowest BCUT2D eigenvalue weighted by molar-refractivity contribution is 0.241. The second-order valence-electron chi connectivity index (χ2n) is 7.05. The van der Waals surface area contributed by atoms with Crippen LogP contribution < -0.4 is 10.1 Å². The summed E-state index contributed by atoms with van der Waals surface area (Å²) in [6.07, 6.45) is 1.75. The summed E-state index contributed by atoms with van der Waals surface area (Å²) in [6.45, 7) is 0.947. The van der Waals surface area contributed by atoms with Crippen molar-refractivity contribution in [3.05, 3.63) is 102 Å². The zero-order valence-electron chi connectivity index (χ0n) is 16.4. The standard InChI is InChI=1S/C25H29NO2/c1-28-24-14-8-9-20(18-24)17-23(19-27)26-16-15-25(21-10-4-2-5-11-21)22-12-6-3-7-13-22/h2-14,18,23,25-27H,15-17,19H2,1H3. The lowest BCUT2D eigenvalue weighted by Crippen LogP contribution is -2.35. The highest BCUT2D eigenvalue weighted by atomic mass is 16.5. The van der Waals surface area contributed by atoms with E-state index in [0.29, 0.717) is 5.92 Å². The Morgan fingerprint density at radius 1 is 0.857 bits per heavy atom. The Balaban J connectivity index is 1.62. The first kappa shape index (κ1) is 20.1. The highest BCUT2D eigenvalue weighted by Gasteiger charge is 2.15. The van der Waals surface area contributed by atoms with Crippen LogP contribution in [0.5, 0.6) is 5.75 Å². The molecule has 146 valence electrons. The monoisotopic (exact) mass is 375 g/mol. The summed E-state index contributed by atoms with van der Waals surface area (Å²) in [5, 5.41) is 13.4. The number of rotatable bonds is 10. The van der Waals surface area contributed by atoms with E-state index in [-0.39, 0.29) is 12.6 Å². The Morgan fingerprint density at radius 3 is 2.07 bits per heavy atom. The molecule has 3 rings (SSSR count). The van der Waals surface area contributed by atoms with E-state index in [1.807, 2.05) is 18.2 Å². The maximum atomic E-state index is 9.82. The van der Waals surface area contributed by atoms with Gasteiger partial charge in [-0.15, -0.1) is 0 Å². The first-order valence-electron chi connectivity index (χ1n) is 9.87. The largest absolute Gasteiger partial charge is 0.497 e. The van der Waals surface area contributed by atoms with Crippen LogP contribution in [-0.2, 0) is 6.42 Å². The van der Waals surface area contributed by atoms with E-state index >= 15 is 0 Å². The van der Waals surface area contributed by atoms with Crippen LogP contribution in [-0.4, -0.2) is 31.4 Å². The molecule has 0 bridgehead atoms. The third kappa shape index (κ3) is 5.69. The summed E-state index contributed by atoms with van der Waals surface area (Å²) in [6, 6.07) is 29.3. The molecule has 0 spiro atoms. The van der Waals surface area contributed by atoms with Gasteiger partial charge in [0.1, 0.15) is 5.75 Å². The SMILES string of the molecule is COc1cccc(CC(CO)NCCC(c2ccccc2)c2ccccc2)c1. The van der Waals surface area contributed by atoms with Gasteiger partial charge in [0.05, 0.1) is 13.7 Å². The fourth-order valence-corrected chi connectivity index (χ4v) is 3.61. The molecule has 3 heteroatoms. The zero-order valence-corrected chi connectivity index (χ0v) is 16.4. The maximum absolute atomic E-state index is 9.82.